The molecular weight excluding hydrogens is 454 g/mol. The molecule has 1 aliphatic rings. The second-order valence-electron chi connectivity index (χ2n) is 7.08. The number of halogens is 1. The van der Waals surface area contributed by atoms with Gasteiger partial charge in [0.15, 0.2) is 5.71 Å². The summed E-state index contributed by atoms with van der Waals surface area (Å²) in [7, 11) is 0. The first-order valence-corrected chi connectivity index (χ1v) is 11.1. The van der Waals surface area contributed by atoms with Crippen molar-refractivity contribution in [2.45, 2.75) is 18.6 Å². The van der Waals surface area contributed by atoms with E-state index in [4.69, 9.17) is 5.10 Å². The topological polar surface area (TPSA) is 27.4 Å². The van der Waals surface area contributed by atoms with E-state index in [1.807, 2.05) is 42.1 Å². The summed E-state index contributed by atoms with van der Waals surface area (Å²) >= 11 is 1.88. The van der Waals surface area contributed by atoms with Gasteiger partial charge in [-0.15, -0.1) is 0 Å². The van der Waals surface area contributed by atoms with Crippen molar-refractivity contribution in [1.29, 1.82) is 0 Å². The van der Waals surface area contributed by atoms with Crippen LogP contribution in [0.2, 0.25) is 0 Å². The van der Waals surface area contributed by atoms with E-state index in [9.17, 15) is 0 Å². The zero-order chi connectivity index (χ0) is 19.7. The van der Waals surface area contributed by atoms with Crippen molar-refractivity contribution in [3.05, 3.63) is 102 Å². The molecule has 4 rings (SSSR count). The summed E-state index contributed by atoms with van der Waals surface area (Å²) < 4.78 is 2.49. The molecule has 1 heterocycles. The van der Waals surface area contributed by atoms with E-state index in [2.05, 4.69) is 70.7 Å². The number of anilines is 1. The number of nitrogens with zero attached hydrogens (tertiary/aromatic N) is 2. The summed E-state index contributed by atoms with van der Waals surface area (Å²) in [5.74, 6) is 0.934. The van der Waals surface area contributed by atoms with Gasteiger partial charge in [0.2, 0.25) is 0 Å². The van der Waals surface area contributed by atoms with Crippen LogP contribution < -0.4 is 22.4 Å². The summed E-state index contributed by atoms with van der Waals surface area (Å²) in [5, 5.41) is 6.14. The van der Waals surface area contributed by atoms with E-state index in [0.29, 0.717) is 0 Å². The predicted octanol–water partition coefficient (Wildman–Crippen LogP) is 2.65. The Morgan fingerprint density at radius 3 is 2.00 bits per heavy atom. The highest BCUT2D eigenvalue weighted by atomic mass is 79.9. The summed E-state index contributed by atoms with van der Waals surface area (Å²) in [6, 6.07) is 31.3. The van der Waals surface area contributed by atoms with Crippen LogP contribution >= 0.6 is 11.8 Å². The Labute approximate surface area is 193 Å². The second kappa shape index (κ2) is 11.7. The van der Waals surface area contributed by atoms with Gasteiger partial charge in [-0.1, -0.05) is 90.6 Å². The molecule has 0 atom stereocenters. The number of nitrogens with one attached hydrogen (secondary N) is 1. The van der Waals surface area contributed by atoms with Crippen LogP contribution in [0.3, 0.4) is 0 Å². The molecule has 3 nitrogen and oxygen atoms in total. The second-order valence-corrected chi connectivity index (χ2v) is 8.04. The molecule has 0 radical (unpaired) electrons. The monoisotopic (exact) mass is 479 g/mol. The molecule has 1 aliphatic heterocycles. The summed E-state index contributed by atoms with van der Waals surface area (Å²) in [4.78, 5) is 0. The summed E-state index contributed by atoms with van der Waals surface area (Å²) in [6.45, 7) is 2.18. The minimum absolute atomic E-state index is 0. The van der Waals surface area contributed by atoms with Crippen molar-refractivity contribution in [1.82, 2.24) is 0 Å². The summed E-state index contributed by atoms with van der Waals surface area (Å²) in [6.07, 6.45) is 2.48. The lowest BCUT2D eigenvalue weighted by Crippen LogP contribution is -3.00. The zero-order valence-corrected chi connectivity index (χ0v) is 19.3. The van der Waals surface area contributed by atoms with Gasteiger partial charge in [-0.3, -0.25) is 5.43 Å². The van der Waals surface area contributed by atoms with Crippen LogP contribution in [0.4, 0.5) is 5.69 Å². The third kappa shape index (κ3) is 6.07. The molecule has 0 amide bonds. The molecule has 0 aromatic heterocycles. The van der Waals surface area contributed by atoms with Crippen LogP contribution in [0.1, 0.15) is 24.0 Å². The van der Waals surface area contributed by atoms with Crippen molar-refractivity contribution in [3.63, 3.8) is 0 Å². The highest BCUT2D eigenvalue weighted by molar-refractivity contribution is 8.14. The maximum atomic E-state index is 4.89. The number of hydrogen-bond donors (Lipinski definition) is 1. The fourth-order valence-corrected chi connectivity index (χ4v) is 4.58. The molecule has 3 aromatic carbocycles. The lowest BCUT2D eigenvalue weighted by molar-refractivity contribution is -0.501. The number of rotatable bonds is 6. The first-order valence-electron chi connectivity index (χ1n) is 10.1. The Kier molecular flexibility index (Phi) is 8.72. The number of hydrazone groups is 1. The van der Waals surface area contributed by atoms with Gasteiger partial charge in [0, 0.05) is 24.2 Å². The Hall–Kier alpha value is -2.37. The molecule has 0 unspecified atom stereocenters. The Bertz CT molecular complexity index is 965. The van der Waals surface area contributed by atoms with Gasteiger partial charge in [0.05, 0.1) is 5.69 Å². The third-order valence-corrected chi connectivity index (χ3v) is 6.13. The average Bonchev–Trinajstić information content (AvgIpc) is 3.32. The minimum atomic E-state index is 0. The maximum absolute atomic E-state index is 4.89. The van der Waals surface area contributed by atoms with Crippen molar-refractivity contribution >= 4 is 28.2 Å². The zero-order valence-electron chi connectivity index (χ0n) is 16.9. The standard InChI is InChI=1S/C25H25N3S.BrH/c1-4-12-21(13-5-1)20-29-25(28-18-10-11-19-28)24(22-14-6-2-7-15-22)27-26-23-16-8-3-9-17-23;/h1-9,12-17H,10-11,18-20H2;1H. The molecule has 3 aromatic rings. The van der Waals surface area contributed by atoms with Gasteiger partial charge in [-0.05, 0) is 17.7 Å². The normalized spacial score (nSPS) is 13.6. The van der Waals surface area contributed by atoms with Crippen LogP contribution in [0.25, 0.3) is 0 Å². The van der Waals surface area contributed by atoms with E-state index < -0.39 is 0 Å². The highest BCUT2D eigenvalue weighted by Crippen LogP contribution is 2.20. The molecule has 0 bridgehead atoms. The number of benzene rings is 3. The fourth-order valence-electron chi connectivity index (χ4n) is 3.42. The number of hydrogen-bond acceptors (Lipinski definition) is 3. The Balaban J connectivity index is 0.00000256. The number of thioether (sulfide) groups is 1. The van der Waals surface area contributed by atoms with Gasteiger partial charge >= 0.3 is 0 Å². The van der Waals surface area contributed by atoms with Crippen LogP contribution in [-0.2, 0) is 5.75 Å². The van der Waals surface area contributed by atoms with Crippen LogP contribution in [-0.4, -0.2) is 28.4 Å². The maximum Gasteiger partial charge on any atom is 0.263 e. The molecule has 30 heavy (non-hydrogen) atoms. The molecule has 1 fully saturated rings. The quantitative estimate of drug-likeness (QED) is 0.254. The van der Waals surface area contributed by atoms with E-state index in [1.165, 1.54) is 23.4 Å². The Morgan fingerprint density at radius 2 is 1.37 bits per heavy atom. The van der Waals surface area contributed by atoms with Gasteiger partial charge < -0.3 is 17.0 Å². The SMILES string of the molecule is [Br-].c1ccc(CSC(C(=NNc2ccccc2)c2ccccc2)=[N+]2CCCC2)cc1. The van der Waals surface area contributed by atoms with Gasteiger partial charge in [-0.2, -0.15) is 5.10 Å². The lowest BCUT2D eigenvalue weighted by Gasteiger charge is -2.11. The Morgan fingerprint density at radius 1 is 0.800 bits per heavy atom. The van der Waals surface area contributed by atoms with Gasteiger partial charge in [0.25, 0.3) is 5.04 Å². The molecule has 0 spiro atoms. The van der Waals surface area contributed by atoms with E-state index in [1.54, 1.807) is 0 Å². The smallest absolute Gasteiger partial charge is 0.263 e. The van der Waals surface area contributed by atoms with Crippen molar-refractivity contribution in [3.8, 4) is 0 Å². The summed E-state index contributed by atoms with van der Waals surface area (Å²) in [5.41, 5.74) is 7.75. The van der Waals surface area contributed by atoms with E-state index in [-0.39, 0.29) is 17.0 Å². The highest BCUT2D eigenvalue weighted by Gasteiger charge is 2.26. The van der Waals surface area contributed by atoms with Gasteiger partial charge in [0.1, 0.15) is 13.1 Å². The molecule has 1 N–H and O–H groups in total. The van der Waals surface area contributed by atoms with Gasteiger partial charge in [-0.25, -0.2) is 4.58 Å². The van der Waals surface area contributed by atoms with Crippen LogP contribution in [0.5, 0.6) is 0 Å². The van der Waals surface area contributed by atoms with Crippen molar-refractivity contribution < 1.29 is 21.6 Å². The molecule has 0 saturated carbocycles. The van der Waals surface area contributed by atoms with E-state index in [0.717, 1.165) is 35.8 Å². The molecular formula is C25H26BrN3S. The largest absolute Gasteiger partial charge is 1.00 e. The van der Waals surface area contributed by atoms with Crippen LogP contribution in [0.15, 0.2) is 96.1 Å². The minimum Gasteiger partial charge on any atom is -1.00 e. The molecule has 5 heteroatoms. The van der Waals surface area contributed by atoms with E-state index >= 15 is 0 Å². The lowest BCUT2D eigenvalue weighted by atomic mass is 10.1. The fraction of sp³-hybridized carbons (Fsp3) is 0.200. The number of para-hydroxylation sites is 1. The molecule has 154 valence electrons. The van der Waals surface area contributed by atoms with Crippen LogP contribution in [0, 0.1) is 0 Å². The first-order chi connectivity index (χ1) is 14.4. The first kappa shape index (κ1) is 22.3. The third-order valence-electron chi connectivity index (χ3n) is 4.93. The molecule has 1 saturated heterocycles. The predicted molar refractivity (Wildman–Crippen MR) is 125 cm³/mol. The van der Waals surface area contributed by atoms with Crippen molar-refractivity contribution in [2.75, 3.05) is 18.5 Å². The molecule has 0 aliphatic carbocycles. The van der Waals surface area contributed by atoms with Crippen molar-refractivity contribution in [2.24, 2.45) is 5.10 Å². The average molecular weight is 480 g/mol.